The highest BCUT2D eigenvalue weighted by Crippen LogP contribution is 2.39. The van der Waals surface area contributed by atoms with E-state index in [-0.39, 0.29) is 17.3 Å². The number of nitrogens with zero attached hydrogens (tertiary/aromatic N) is 1. The lowest BCUT2D eigenvalue weighted by Gasteiger charge is -2.24. The lowest BCUT2D eigenvalue weighted by Crippen LogP contribution is -3.11. The Labute approximate surface area is 146 Å². The number of hydrogen-bond acceptors (Lipinski definition) is 4. The summed E-state index contributed by atoms with van der Waals surface area (Å²) in [7, 11) is 0. The van der Waals surface area contributed by atoms with Crippen LogP contribution in [-0.4, -0.2) is 29.0 Å². The van der Waals surface area contributed by atoms with Crippen LogP contribution >= 0.6 is 0 Å². The maximum absolute atomic E-state index is 12.7. The summed E-state index contributed by atoms with van der Waals surface area (Å²) in [6, 6.07) is 6.93. The number of phenolic OH excluding ortho intramolecular Hbond substituents is 1. The Morgan fingerprint density at radius 2 is 2.04 bits per heavy atom. The van der Waals surface area contributed by atoms with Gasteiger partial charge in [0.2, 0.25) is 5.78 Å². The third kappa shape index (κ3) is 3.15. The van der Waals surface area contributed by atoms with Gasteiger partial charge in [0.15, 0.2) is 11.5 Å². The second kappa shape index (κ2) is 6.69. The maximum atomic E-state index is 12.7. The van der Waals surface area contributed by atoms with E-state index in [1.807, 2.05) is 12.1 Å². The van der Waals surface area contributed by atoms with Crippen LogP contribution in [0.5, 0.6) is 11.5 Å². The molecule has 1 fully saturated rings. The molecule has 0 unspecified atom stereocenters. The minimum absolute atomic E-state index is 0.145. The summed E-state index contributed by atoms with van der Waals surface area (Å²) in [5.74, 6) is 0.850. The van der Waals surface area contributed by atoms with Crippen LogP contribution in [-0.2, 0) is 6.54 Å². The normalized spacial score (nSPS) is 19.0. The summed E-state index contributed by atoms with van der Waals surface area (Å²) in [5.41, 5.74) is 2.07. The van der Waals surface area contributed by atoms with Gasteiger partial charge in [0.1, 0.15) is 12.3 Å². The van der Waals surface area contributed by atoms with Crippen molar-refractivity contribution < 1.29 is 19.5 Å². The van der Waals surface area contributed by atoms with Crippen LogP contribution in [0.3, 0.4) is 0 Å². The Balaban J connectivity index is 1.66. The van der Waals surface area contributed by atoms with Crippen LogP contribution in [0.15, 0.2) is 42.4 Å². The Morgan fingerprint density at radius 1 is 1.20 bits per heavy atom. The number of rotatable bonds is 3. The molecule has 0 spiro atoms. The van der Waals surface area contributed by atoms with E-state index < -0.39 is 0 Å². The van der Waals surface area contributed by atoms with Crippen molar-refractivity contribution in [2.45, 2.75) is 25.8 Å². The Hall–Kier alpha value is -2.66. The molecule has 1 aromatic carbocycles. The van der Waals surface area contributed by atoms with Gasteiger partial charge >= 0.3 is 0 Å². The molecule has 1 saturated heterocycles. The van der Waals surface area contributed by atoms with Gasteiger partial charge in [0, 0.05) is 12.4 Å². The zero-order chi connectivity index (χ0) is 17.2. The number of ketones is 1. The summed E-state index contributed by atoms with van der Waals surface area (Å²) >= 11 is 0. The quantitative estimate of drug-likeness (QED) is 0.841. The molecule has 128 valence electrons. The van der Waals surface area contributed by atoms with Gasteiger partial charge in [-0.2, -0.15) is 0 Å². The zero-order valence-electron chi connectivity index (χ0n) is 14.0. The fourth-order valence-electron chi connectivity index (χ4n) is 3.56. The van der Waals surface area contributed by atoms with Gasteiger partial charge < -0.3 is 14.7 Å². The van der Waals surface area contributed by atoms with Crippen molar-refractivity contribution in [3.63, 3.8) is 0 Å². The molecule has 5 nitrogen and oxygen atoms in total. The lowest BCUT2D eigenvalue weighted by molar-refractivity contribution is -0.918. The van der Waals surface area contributed by atoms with Crippen molar-refractivity contribution in [1.29, 1.82) is 0 Å². The predicted octanol–water partition coefficient (Wildman–Crippen LogP) is 1.97. The van der Waals surface area contributed by atoms with E-state index in [9.17, 15) is 9.90 Å². The average Bonchev–Trinajstić information content (AvgIpc) is 2.95. The molecular weight excluding hydrogens is 316 g/mol. The number of nitrogens with one attached hydrogen (secondary N) is 1. The van der Waals surface area contributed by atoms with Crippen LogP contribution in [0, 0.1) is 0 Å². The van der Waals surface area contributed by atoms with Crippen LogP contribution < -0.4 is 9.64 Å². The number of fused-ring (bicyclic) bond motifs is 1. The number of carbonyl (C=O) groups excluding carboxylic acids is 1. The minimum atomic E-state index is -0.145. The monoisotopic (exact) mass is 337 g/mol. The van der Waals surface area contributed by atoms with Gasteiger partial charge in [0.05, 0.1) is 24.2 Å². The molecule has 25 heavy (non-hydrogen) atoms. The molecule has 1 aromatic heterocycles. The zero-order valence-corrected chi connectivity index (χ0v) is 14.0. The molecule has 5 heteroatoms. The fraction of sp³-hybridized carbons (Fsp3) is 0.300. The topological polar surface area (TPSA) is 63.9 Å². The number of aromatic nitrogens is 1. The largest absolute Gasteiger partial charge is 0.507 e. The molecular formula is C20H21N2O3+. The first-order chi connectivity index (χ1) is 12.2. The number of likely N-dealkylation sites (tertiary alicyclic amines) is 1. The Kier molecular flexibility index (Phi) is 4.24. The molecule has 2 aromatic rings. The Bertz CT molecular complexity index is 824. The maximum Gasteiger partial charge on any atom is 0.231 e. The van der Waals surface area contributed by atoms with E-state index in [1.165, 1.54) is 24.2 Å². The number of quaternary nitrogens is 1. The second-order valence-electron chi connectivity index (χ2n) is 6.65. The summed E-state index contributed by atoms with van der Waals surface area (Å²) < 4.78 is 5.89. The van der Waals surface area contributed by atoms with Crippen molar-refractivity contribution in [2.24, 2.45) is 0 Å². The van der Waals surface area contributed by atoms with E-state index >= 15 is 0 Å². The number of allylic oxidation sites excluding steroid dienone is 1. The number of carbonyl (C=O) groups is 1. The highest BCUT2D eigenvalue weighted by molar-refractivity contribution is 6.14. The van der Waals surface area contributed by atoms with Crippen molar-refractivity contribution in [3.05, 3.63) is 59.1 Å². The highest BCUT2D eigenvalue weighted by Gasteiger charge is 2.32. The summed E-state index contributed by atoms with van der Waals surface area (Å²) in [6.07, 6.45) is 8.75. The second-order valence-corrected chi connectivity index (χ2v) is 6.65. The Morgan fingerprint density at radius 3 is 2.80 bits per heavy atom. The standard InChI is InChI=1S/C20H20N2O3/c23-17-7-6-15-19(24)18(11-14-5-4-8-21-12-14)25-20(15)16(17)13-22-9-2-1-3-10-22/h4-8,11-12,23H,1-3,9-10,13H2/p+1/b18-11+. The molecule has 0 bridgehead atoms. The van der Waals surface area contributed by atoms with Gasteiger partial charge in [-0.15, -0.1) is 0 Å². The van der Waals surface area contributed by atoms with Crippen molar-refractivity contribution in [3.8, 4) is 11.5 Å². The molecule has 0 radical (unpaired) electrons. The molecule has 2 aliphatic heterocycles. The van der Waals surface area contributed by atoms with Crippen molar-refractivity contribution >= 4 is 11.9 Å². The van der Waals surface area contributed by atoms with E-state index in [0.717, 1.165) is 24.2 Å². The first-order valence-electron chi connectivity index (χ1n) is 8.75. The van der Waals surface area contributed by atoms with E-state index in [4.69, 9.17) is 4.74 Å². The van der Waals surface area contributed by atoms with Gasteiger partial charge in [-0.25, -0.2) is 0 Å². The van der Waals surface area contributed by atoms with Crippen LogP contribution in [0.4, 0.5) is 0 Å². The number of hydrogen-bond donors (Lipinski definition) is 2. The predicted molar refractivity (Wildman–Crippen MR) is 93.5 cm³/mol. The molecule has 4 rings (SSSR count). The number of benzene rings is 1. The molecule has 0 amide bonds. The molecule has 2 N–H and O–H groups in total. The third-order valence-corrected chi connectivity index (χ3v) is 4.89. The number of aromatic hydroxyl groups is 1. The number of piperidine rings is 1. The van der Waals surface area contributed by atoms with Crippen LogP contribution in [0.25, 0.3) is 6.08 Å². The lowest BCUT2D eigenvalue weighted by atomic mass is 10.0. The smallest absolute Gasteiger partial charge is 0.231 e. The molecule has 0 atom stereocenters. The van der Waals surface area contributed by atoms with Crippen LogP contribution in [0.1, 0.15) is 40.7 Å². The van der Waals surface area contributed by atoms with E-state index in [1.54, 1.807) is 30.6 Å². The van der Waals surface area contributed by atoms with Crippen molar-refractivity contribution in [2.75, 3.05) is 13.1 Å². The summed E-state index contributed by atoms with van der Waals surface area (Å²) in [4.78, 5) is 18.1. The molecule has 3 heterocycles. The van der Waals surface area contributed by atoms with E-state index in [2.05, 4.69) is 4.98 Å². The van der Waals surface area contributed by atoms with Crippen LogP contribution in [0.2, 0.25) is 0 Å². The third-order valence-electron chi connectivity index (χ3n) is 4.89. The van der Waals surface area contributed by atoms with Gasteiger partial charge in [-0.1, -0.05) is 6.07 Å². The number of phenols is 1. The van der Waals surface area contributed by atoms with Crippen molar-refractivity contribution in [1.82, 2.24) is 4.98 Å². The number of Topliss-reactive ketones (excluding diaryl/α,β-unsaturated/α-hetero) is 1. The summed E-state index contributed by atoms with van der Waals surface area (Å²) in [6.45, 7) is 2.87. The van der Waals surface area contributed by atoms with Gasteiger partial charge in [-0.05, 0) is 49.1 Å². The average molecular weight is 337 g/mol. The van der Waals surface area contributed by atoms with E-state index in [0.29, 0.717) is 17.9 Å². The summed E-state index contributed by atoms with van der Waals surface area (Å²) in [5, 5.41) is 10.3. The van der Waals surface area contributed by atoms with Gasteiger partial charge in [0.25, 0.3) is 0 Å². The molecule has 0 aliphatic carbocycles. The first kappa shape index (κ1) is 15.8. The SMILES string of the molecule is O=C1/C(=C\c2cccnc2)Oc2c1ccc(O)c2C[NH+]1CCCCC1. The molecule has 0 saturated carbocycles. The number of ether oxygens (including phenoxy) is 1. The molecule has 2 aliphatic rings. The fourth-order valence-corrected chi connectivity index (χ4v) is 3.56. The van der Waals surface area contributed by atoms with Gasteiger partial charge in [-0.3, -0.25) is 9.78 Å². The minimum Gasteiger partial charge on any atom is -0.507 e. The first-order valence-corrected chi connectivity index (χ1v) is 8.75. The number of pyridine rings is 1. The highest BCUT2D eigenvalue weighted by atomic mass is 16.5.